The van der Waals surface area contributed by atoms with Gasteiger partial charge in [-0.2, -0.15) is 0 Å². The van der Waals surface area contributed by atoms with Crippen molar-refractivity contribution < 1.29 is 19.2 Å². The highest BCUT2D eigenvalue weighted by molar-refractivity contribution is 6.23. The van der Waals surface area contributed by atoms with Gasteiger partial charge < -0.3 is 10.6 Å². The lowest BCUT2D eigenvalue weighted by atomic mass is 9.90. The van der Waals surface area contributed by atoms with Crippen LogP contribution in [0, 0.1) is 5.41 Å². The minimum absolute atomic E-state index is 0.114. The van der Waals surface area contributed by atoms with E-state index in [0.717, 1.165) is 36.6 Å². The Labute approximate surface area is 156 Å². The van der Waals surface area contributed by atoms with Gasteiger partial charge in [-0.25, -0.2) is 0 Å². The molecule has 2 saturated heterocycles. The van der Waals surface area contributed by atoms with Crippen molar-refractivity contribution in [2.75, 3.05) is 25.0 Å². The first kappa shape index (κ1) is 17.7. The van der Waals surface area contributed by atoms with Crippen LogP contribution in [0.25, 0.3) is 0 Å². The Kier molecular flexibility index (Phi) is 4.22. The fraction of sp³-hybridized carbons (Fsp3) is 0.474. The smallest absolute Gasteiger partial charge is 0.262 e. The highest BCUT2D eigenvalue weighted by Crippen LogP contribution is 2.30. The highest BCUT2D eigenvalue weighted by atomic mass is 16.2. The molecule has 142 valence electrons. The summed E-state index contributed by atoms with van der Waals surface area (Å²) in [4.78, 5) is 49.9. The molecule has 8 nitrogen and oxygen atoms in total. The van der Waals surface area contributed by atoms with Crippen LogP contribution in [-0.4, -0.2) is 54.2 Å². The molecular formula is C19H22N4O4. The van der Waals surface area contributed by atoms with Gasteiger partial charge in [0.05, 0.1) is 11.1 Å². The molecule has 0 radical (unpaired) electrons. The van der Waals surface area contributed by atoms with Gasteiger partial charge in [-0.1, -0.05) is 6.92 Å². The zero-order valence-corrected chi connectivity index (χ0v) is 15.1. The number of nitrogens with zero attached hydrogens (tertiary/aromatic N) is 1. The van der Waals surface area contributed by atoms with Gasteiger partial charge in [0, 0.05) is 25.2 Å². The zero-order valence-electron chi connectivity index (χ0n) is 15.1. The minimum Gasteiger partial charge on any atom is -0.384 e. The molecule has 3 N–H and O–H groups in total. The Balaban J connectivity index is 1.53. The van der Waals surface area contributed by atoms with E-state index in [1.165, 1.54) is 0 Å². The van der Waals surface area contributed by atoms with Crippen molar-refractivity contribution in [3.8, 4) is 0 Å². The second-order valence-corrected chi connectivity index (χ2v) is 7.80. The number of carbonyl (C=O) groups excluding carboxylic acids is 4. The third kappa shape index (κ3) is 3.10. The van der Waals surface area contributed by atoms with Gasteiger partial charge in [0.15, 0.2) is 0 Å². The lowest BCUT2D eigenvalue weighted by Crippen LogP contribution is -2.54. The third-order valence-electron chi connectivity index (χ3n) is 5.62. The summed E-state index contributed by atoms with van der Waals surface area (Å²) in [7, 11) is 0. The molecule has 3 heterocycles. The Bertz CT molecular complexity index is 844. The predicted molar refractivity (Wildman–Crippen MR) is 97.2 cm³/mol. The number of fused-ring (bicyclic) bond motifs is 1. The van der Waals surface area contributed by atoms with E-state index in [1.54, 1.807) is 18.2 Å². The molecule has 2 atom stereocenters. The fourth-order valence-corrected chi connectivity index (χ4v) is 3.92. The van der Waals surface area contributed by atoms with Crippen LogP contribution in [-0.2, 0) is 9.59 Å². The molecule has 2 fully saturated rings. The van der Waals surface area contributed by atoms with Crippen LogP contribution >= 0.6 is 0 Å². The second kappa shape index (κ2) is 6.45. The van der Waals surface area contributed by atoms with Crippen LogP contribution < -0.4 is 16.0 Å². The monoisotopic (exact) mass is 370 g/mol. The number of nitrogens with one attached hydrogen (secondary N) is 3. The highest BCUT2D eigenvalue weighted by Gasteiger charge is 2.44. The van der Waals surface area contributed by atoms with Gasteiger partial charge >= 0.3 is 0 Å². The lowest BCUT2D eigenvalue weighted by molar-refractivity contribution is -0.136. The molecule has 27 heavy (non-hydrogen) atoms. The topological polar surface area (TPSA) is 108 Å². The molecular weight excluding hydrogens is 348 g/mol. The first-order chi connectivity index (χ1) is 12.9. The number of hydrogen-bond donors (Lipinski definition) is 3. The maximum absolute atomic E-state index is 12.8. The van der Waals surface area contributed by atoms with Gasteiger partial charge in [-0.3, -0.25) is 29.4 Å². The van der Waals surface area contributed by atoms with Crippen LogP contribution in [0.5, 0.6) is 0 Å². The summed E-state index contributed by atoms with van der Waals surface area (Å²) in [6, 6.07) is 4.14. The van der Waals surface area contributed by atoms with Crippen molar-refractivity contribution in [1.29, 1.82) is 0 Å². The average Bonchev–Trinajstić information content (AvgIpc) is 3.17. The molecule has 0 bridgehead atoms. The average molecular weight is 370 g/mol. The Morgan fingerprint density at radius 1 is 1.19 bits per heavy atom. The Morgan fingerprint density at radius 3 is 2.67 bits per heavy atom. The van der Waals surface area contributed by atoms with Crippen LogP contribution in [0.3, 0.4) is 0 Å². The van der Waals surface area contributed by atoms with E-state index >= 15 is 0 Å². The van der Waals surface area contributed by atoms with E-state index in [2.05, 4.69) is 22.9 Å². The van der Waals surface area contributed by atoms with E-state index in [9.17, 15) is 19.2 Å². The molecule has 1 aromatic rings. The Hall–Kier alpha value is -2.74. The molecule has 0 saturated carbocycles. The SMILES string of the molecule is CC1(CNc2ccc3c(c2)C(=O)N(C2CCC(=O)NC2=O)C3=O)CCNC1. The molecule has 1 aromatic carbocycles. The van der Waals surface area contributed by atoms with Gasteiger partial charge in [-0.15, -0.1) is 0 Å². The van der Waals surface area contributed by atoms with Crippen LogP contribution in [0.4, 0.5) is 5.69 Å². The van der Waals surface area contributed by atoms with Crippen LogP contribution in [0.1, 0.15) is 46.9 Å². The summed E-state index contributed by atoms with van der Waals surface area (Å²) in [5.41, 5.74) is 1.51. The maximum atomic E-state index is 12.8. The number of rotatable bonds is 4. The van der Waals surface area contributed by atoms with E-state index < -0.39 is 23.8 Å². The standard InChI is InChI=1S/C19H22N4O4/c1-19(6-7-20-9-19)10-21-11-2-3-12-13(8-11)18(27)23(17(12)26)14-4-5-15(24)22-16(14)25/h2-3,8,14,20-21H,4-7,9-10H2,1H3,(H,22,24,25). The maximum Gasteiger partial charge on any atom is 0.262 e. The molecule has 4 amide bonds. The quantitative estimate of drug-likeness (QED) is 0.666. The minimum atomic E-state index is -0.935. The summed E-state index contributed by atoms with van der Waals surface area (Å²) in [6.45, 7) is 4.90. The normalized spacial score (nSPS) is 27.7. The van der Waals surface area contributed by atoms with Crippen molar-refractivity contribution in [2.45, 2.75) is 32.2 Å². The number of piperidine rings is 1. The number of hydrogen-bond acceptors (Lipinski definition) is 6. The van der Waals surface area contributed by atoms with Crippen molar-refractivity contribution in [2.24, 2.45) is 5.41 Å². The number of imide groups is 2. The first-order valence-electron chi connectivity index (χ1n) is 9.18. The van der Waals surface area contributed by atoms with E-state index in [1.807, 2.05) is 0 Å². The largest absolute Gasteiger partial charge is 0.384 e. The number of carbonyl (C=O) groups is 4. The van der Waals surface area contributed by atoms with Crippen LogP contribution in [0.2, 0.25) is 0 Å². The molecule has 3 aliphatic rings. The summed E-state index contributed by atoms with van der Waals surface area (Å²) in [5.74, 6) is -1.94. The van der Waals surface area contributed by atoms with E-state index in [-0.39, 0.29) is 24.2 Å². The summed E-state index contributed by atoms with van der Waals surface area (Å²) < 4.78 is 0. The summed E-state index contributed by atoms with van der Waals surface area (Å²) >= 11 is 0. The molecule has 4 rings (SSSR count). The third-order valence-corrected chi connectivity index (χ3v) is 5.62. The van der Waals surface area contributed by atoms with E-state index in [0.29, 0.717) is 11.1 Å². The summed E-state index contributed by atoms with van der Waals surface area (Å²) in [6.07, 6.45) is 1.35. The second-order valence-electron chi connectivity index (χ2n) is 7.80. The van der Waals surface area contributed by atoms with Gasteiger partial charge in [-0.05, 0) is 43.0 Å². The van der Waals surface area contributed by atoms with Crippen molar-refractivity contribution in [3.05, 3.63) is 29.3 Å². The van der Waals surface area contributed by atoms with Gasteiger partial charge in [0.2, 0.25) is 11.8 Å². The van der Waals surface area contributed by atoms with Crippen LogP contribution in [0.15, 0.2) is 18.2 Å². The number of anilines is 1. The van der Waals surface area contributed by atoms with Crippen molar-refractivity contribution in [1.82, 2.24) is 15.5 Å². The Morgan fingerprint density at radius 2 is 1.96 bits per heavy atom. The molecule has 0 spiro atoms. The van der Waals surface area contributed by atoms with Gasteiger partial charge in [0.25, 0.3) is 11.8 Å². The molecule has 3 aliphatic heterocycles. The number of benzene rings is 1. The van der Waals surface area contributed by atoms with Crippen molar-refractivity contribution in [3.63, 3.8) is 0 Å². The molecule has 2 unspecified atom stereocenters. The number of amides is 4. The zero-order chi connectivity index (χ0) is 19.2. The molecule has 8 heteroatoms. The lowest BCUT2D eigenvalue weighted by Gasteiger charge is -2.27. The van der Waals surface area contributed by atoms with Gasteiger partial charge in [0.1, 0.15) is 6.04 Å². The fourth-order valence-electron chi connectivity index (χ4n) is 3.92. The molecule has 0 aromatic heterocycles. The first-order valence-corrected chi connectivity index (χ1v) is 9.18. The summed E-state index contributed by atoms with van der Waals surface area (Å²) in [5, 5.41) is 8.90. The van der Waals surface area contributed by atoms with Crippen molar-refractivity contribution >= 4 is 29.3 Å². The van der Waals surface area contributed by atoms with E-state index in [4.69, 9.17) is 0 Å². The predicted octanol–water partition coefficient (Wildman–Crippen LogP) is 0.499. The molecule has 0 aliphatic carbocycles.